The highest BCUT2D eigenvalue weighted by molar-refractivity contribution is 7.98. The van der Waals surface area contributed by atoms with Crippen molar-refractivity contribution in [2.24, 2.45) is 16.7 Å². The lowest BCUT2D eigenvalue weighted by atomic mass is 9.51. The molecule has 2 aliphatic carbocycles. The summed E-state index contributed by atoms with van der Waals surface area (Å²) in [6, 6.07) is 26.5. The van der Waals surface area contributed by atoms with Crippen LogP contribution in [0.4, 0.5) is 0 Å². The first-order valence-corrected chi connectivity index (χ1v) is 22.7. The first-order chi connectivity index (χ1) is 30.1. The van der Waals surface area contributed by atoms with Gasteiger partial charge in [-0.25, -0.2) is 4.79 Å². The van der Waals surface area contributed by atoms with Crippen LogP contribution in [0.15, 0.2) is 103 Å². The molecule has 1 amide bonds. The SMILES string of the molecule is CSCOC1CC(O)[C@](C)(OC(C)=O)C(CC2(O)CCC(C)=CC2(C)C)C1(C)C(=O)C(C)OC(C)=O.O=C(O)c1ccccc1.O=CCC(NC(=O)c1ccccc1)c1ccccc1. The summed E-state index contributed by atoms with van der Waals surface area (Å²) < 4.78 is 17.2. The number of ketones is 1. The number of hydrogen-bond acceptors (Lipinski definition) is 12. The Labute approximate surface area is 381 Å². The van der Waals surface area contributed by atoms with Crippen LogP contribution in [-0.2, 0) is 33.4 Å². The van der Waals surface area contributed by atoms with Gasteiger partial charge in [0.2, 0.25) is 0 Å². The third kappa shape index (κ3) is 13.7. The first-order valence-electron chi connectivity index (χ1n) is 21.3. The maximum atomic E-state index is 14.1. The molecule has 14 heteroatoms. The summed E-state index contributed by atoms with van der Waals surface area (Å²) in [5.74, 6) is -3.21. The van der Waals surface area contributed by atoms with Crippen molar-refractivity contribution in [1.29, 1.82) is 0 Å². The van der Waals surface area contributed by atoms with E-state index in [0.29, 0.717) is 24.0 Å². The van der Waals surface area contributed by atoms with Crippen molar-refractivity contribution in [3.63, 3.8) is 0 Å². The Morgan fingerprint density at radius 3 is 1.89 bits per heavy atom. The number of rotatable bonds is 15. The fraction of sp³-hybridized carbons (Fsp3) is 0.480. The summed E-state index contributed by atoms with van der Waals surface area (Å²) in [4.78, 5) is 71.1. The Balaban J connectivity index is 0.000000318. The van der Waals surface area contributed by atoms with Gasteiger partial charge in [-0.3, -0.25) is 19.2 Å². The second-order valence-corrected chi connectivity index (χ2v) is 18.2. The number of aliphatic hydroxyl groups is 2. The van der Waals surface area contributed by atoms with Crippen molar-refractivity contribution in [3.8, 4) is 0 Å². The molecule has 5 rings (SSSR count). The molecule has 64 heavy (non-hydrogen) atoms. The average molecular weight is 904 g/mol. The van der Waals surface area contributed by atoms with Gasteiger partial charge in [0, 0.05) is 43.6 Å². The number of aliphatic hydroxyl groups excluding tert-OH is 1. The van der Waals surface area contributed by atoms with Crippen molar-refractivity contribution >= 4 is 47.6 Å². The van der Waals surface area contributed by atoms with Crippen LogP contribution < -0.4 is 5.32 Å². The molecule has 0 saturated heterocycles. The number of esters is 2. The zero-order valence-corrected chi connectivity index (χ0v) is 39.2. The fourth-order valence-corrected chi connectivity index (χ4v) is 9.08. The van der Waals surface area contributed by atoms with Crippen molar-refractivity contribution in [2.45, 2.75) is 123 Å². The smallest absolute Gasteiger partial charge is 0.335 e. The largest absolute Gasteiger partial charge is 0.478 e. The number of aromatic carboxylic acids is 1. The van der Waals surface area contributed by atoms with Gasteiger partial charge >= 0.3 is 17.9 Å². The number of amides is 1. The van der Waals surface area contributed by atoms with Crippen molar-refractivity contribution in [2.75, 3.05) is 12.2 Å². The summed E-state index contributed by atoms with van der Waals surface area (Å²) in [7, 11) is 0. The van der Waals surface area contributed by atoms with E-state index in [9.17, 15) is 39.0 Å². The van der Waals surface area contributed by atoms with Gasteiger partial charge in [-0.15, -0.1) is 11.8 Å². The Kier molecular flexibility index (Phi) is 19.7. The van der Waals surface area contributed by atoms with E-state index < -0.39 is 70.0 Å². The van der Waals surface area contributed by atoms with E-state index in [2.05, 4.69) is 5.32 Å². The Hall–Kier alpha value is -5.15. The summed E-state index contributed by atoms with van der Waals surface area (Å²) in [5.41, 5.74) is -1.73. The highest BCUT2D eigenvalue weighted by Gasteiger charge is 2.66. The Morgan fingerprint density at radius 2 is 1.42 bits per heavy atom. The van der Waals surface area contributed by atoms with Crippen LogP contribution in [0.3, 0.4) is 0 Å². The van der Waals surface area contributed by atoms with E-state index in [0.717, 1.165) is 11.8 Å². The number of thioether (sulfide) groups is 1. The molecule has 7 unspecified atom stereocenters. The minimum Gasteiger partial charge on any atom is -0.478 e. The number of nitrogens with one attached hydrogen (secondary N) is 1. The van der Waals surface area contributed by atoms with Crippen LogP contribution in [-0.4, -0.2) is 92.9 Å². The Bertz CT molecular complexity index is 2060. The second-order valence-electron chi connectivity index (χ2n) is 17.4. The van der Waals surface area contributed by atoms with Crippen LogP contribution in [0.25, 0.3) is 0 Å². The molecule has 1 saturated carbocycles. The number of ether oxygens (including phenoxy) is 3. The van der Waals surface area contributed by atoms with E-state index in [1.165, 1.54) is 38.1 Å². The molecular formula is C50H65NO12S. The highest BCUT2D eigenvalue weighted by atomic mass is 32.2. The second kappa shape index (κ2) is 23.7. The molecule has 0 spiro atoms. The van der Waals surface area contributed by atoms with Crippen LogP contribution >= 0.6 is 11.8 Å². The van der Waals surface area contributed by atoms with Crippen molar-refractivity contribution in [1.82, 2.24) is 5.32 Å². The zero-order chi connectivity index (χ0) is 47.9. The molecule has 3 aromatic rings. The van der Waals surface area contributed by atoms with Crippen LogP contribution in [0.1, 0.15) is 120 Å². The summed E-state index contributed by atoms with van der Waals surface area (Å²) in [6.07, 6.45) is 3.24. The van der Waals surface area contributed by atoms with Crippen LogP contribution in [0.5, 0.6) is 0 Å². The van der Waals surface area contributed by atoms with E-state index in [-0.39, 0.29) is 37.2 Å². The van der Waals surface area contributed by atoms with Crippen molar-refractivity contribution in [3.05, 3.63) is 119 Å². The van der Waals surface area contributed by atoms with Gasteiger partial charge in [-0.1, -0.05) is 92.2 Å². The summed E-state index contributed by atoms with van der Waals surface area (Å²) >= 11 is 1.43. The molecule has 8 atom stereocenters. The number of carboxylic acid groups (broad SMARTS) is 1. The molecular weight excluding hydrogens is 839 g/mol. The molecule has 2 aliphatic rings. The Morgan fingerprint density at radius 1 is 0.875 bits per heavy atom. The lowest BCUT2D eigenvalue weighted by Gasteiger charge is -2.59. The molecule has 0 heterocycles. The number of carboxylic acids is 1. The molecule has 13 nitrogen and oxygen atoms in total. The monoisotopic (exact) mass is 903 g/mol. The van der Waals surface area contributed by atoms with E-state index >= 15 is 0 Å². The van der Waals surface area contributed by atoms with Gasteiger partial charge < -0.3 is 39.6 Å². The number of carbonyl (C=O) groups is 6. The quantitative estimate of drug-likeness (QED) is 0.0496. The normalized spacial score (nSPS) is 25.5. The van der Waals surface area contributed by atoms with Gasteiger partial charge in [-0.05, 0) is 83.0 Å². The molecule has 0 radical (unpaired) electrons. The lowest BCUT2D eigenvalue weighted by Crippen LogP contribution is -2.69. The third-order valence-electron chi connectivity index (χ3n) is 12.4. The molecule has 348 valence electrons. The van der Waals surface area contributed by atoms with E-state index in [1.54, 1.807) is 56.3 Å². The maximum Gasteiger partial charge on any atom is 0.335 e. The number of carbonyl (C=O) groups excluding carboxylic acids is 5. The molecule has 0 bridgehead atoms. The number of Topliss-reactive ketones (excluding diaryl/α,β-unsaturated/α-hetero) is 1. The first kappa shape index (κ1) is 53.2. The van der Waals surface area contributed by atoms with Gasteiger partial charge in [0.1, 0.15) is 11.9 Å². The minimum atomic E-state index is -1.49. The van der Waals surface area contributed by atoms with Crippen LogP contribution in [0.2, 0.25) is 0 Å². The average Bonchev–Trinajstić information content (AvgIpc) is 3.25. The molecule has 0 aliphatic heterocycles. The highest BCUT2D eigenvalue weighted by Crippen LogP contribution is 2.57. The maximum absolute atomic E-state index is 14.1. The molecule has 3 aromatic carbocycles. The van der Waals surface area contributed by atoms with Crippen molar-refractivity contribution < 1.29 is 58.3 Å². The van der Waals surface area contributed by atoms with Crippen LogP contribution in [0, 0.1) is 16.7 Å². The summed E-state index contributed by atoms with van der Waals surface area (Å²) in [6.45, 7) is 13.3. The standard InChI is InChI=1S/C27H44O8S.C16H15NO2.C7H6O2/c1-16-10-11-27(32,24(5,6)13-16)14-20-25(7,23(31)17(2)34-18(3)28)22(33-15-36-9)12-21(30)26(20,8)35-19(4)29;18-12-11-15(13-7-3-1-4-8-13)17-16(19)14-9-5-2-6-10-14;8-7(9)6-4-2-1-3-5-6/h13,17,20-22,30,32H,10-12,14-15H2,1-9H3;1-10,12,15H,11H2,(H,17,19);1-5H,(H,8,9)/t17?,20?,21?,22?,25?,26-,27?;;/m1../s1. The van der Waals surface area contributed by atoms with Gasteiger partial charge in [0.25, 0.3) is 5.91 Å². The molecule has 4 N–H and O–H groups in total. The predicted octanol–water partition coefficient (Wildman–Crippen LogP) is 7.94. The molecule has 0 aromatic heterocycles. The number of hydrogen-bond donors (Lipinski definition) is 4. The number of benzene rings is 3. The third-order valence-corrected chi connectivity index (χ3v) is 12.7. The van der Waals surface area contributed by atoms with Gasteiger partial charge in [0.05, 0.1) is 40.8 Å². The van der Waals surface area contributed by atoms with E-state index in [4.69, 9.17) is 19.3 Å². The zero-order valence-electron chi connectivity index (χ0n) is 38.4. The lowest BCUT2D eigenvalue weighted by molar-refractivity contribution is -0.243. The van der Waals surface area contributed by atoms with E-state index in [1.807, 2.05) is 81.6 Å². The van der Waals surface area contributed by atoms with Gasteiger partial charge in [-0.2, -0.15) is 0 Å². The topological polar surface area (TPSA) is 203 Å². The molecule has 1 fully saturated rings. The number of aldehydes is 1. The fourth-order valence-electron chi connectivity index (χ4n) is 8.78. The predicted molar refractivity (Wildman–Crippen MR) is 245 cm³/mol. The van der Waals surface area contributed by atoms with Gasteiger partial charge in [0.15, 0.2) is 11.9 Å². The minimum absolute atomic E-state index is 0.0384. The summed E-state index contributed by atoms with van der Waals surface area (Å²) in [5, 5.41) is 34.7. The number of allylic oxidation sites excluding steroid dienone is 1.